The van der Waals surface area contributed by atoms with Gasteiger partial charge in [-0.1, -0.05) is 30.3 Å². The van der Waals surface area contributed by atoms with E-state index in [4.69, 9.17) is 9.84 Å². The van der Waals surface area contributed by atoms with Crippen LogP contribution in [0.3, 0.4) is 0 Å². The zero-order chi connectivity index (χ0) is 23.7. The van der Waals surface area contributed by atoms with Crippen molar-refractivity contribution in [2.45, 2.75) is 32.4 Å². The van der Waals surface area contributed by atoms with Crippen molar-refractivity contribution in [1.29, 1.82) is 0 Å². The molecule has 1 saturated heterocycles. The number of fused-ring (bicyclic) bond motifs is 1. The van der Waals surface area contributed by atoms with Crippen LogP contribution < -0.4 is 0 Å². The average molecular weight is 465 g/mol. The minimum atomic E-state index is -0.189. The van der Waals surface area contributed by atoms with Gasteiger partial charge in [0.15, 0.2) is 5.69 Å². The Kier molecular flexibility index (Phi) is 6.14. The van der Waals surface area contributed by atoms with Gasteiger partial charge in [-0.2, -0.15) is 10.2 Å². The van der Waals surface area contributed by atoms with Crippen molar-refractivity contribution < 1.29 is 19.1 Å². The fourth-order valence-electron chi connectivity index (χ4n) is 4.65. The molecular weight excluding hydrogens is 436 g/mol. The summed E-state index contributed by atoms with van der Waals surface area (Å²) >= 11 is 0. The molecule has 2 aromatic rings. The molecule has 1 aromatic carbocycles. The maximum Gasteiger partial charge on any atom is 0.274 e. The van der Waals surface area contributed by atoms with Crippen molar-refractivity contribution in [1.82, 2.24) is 24.6 Å². The lowest BCUT2D eigenvalue weighted by Gasteiger charge is -2.30. The Morgan fingerprint density at radius 2 is 1.74 bits per heavy atom. The molecule has 10 nitrogen and oxygen atoms in total. The molecule has 0 radical (unpaired) electrons. The van der Waals surface area contributed by atoms with Crippen molar-refractivity contribution in [3.8, 4) is 0 Å². The predicted molar refractivity (Wildman–Crippen MR) is 123 cm³/mol. The number of hydrazone groups is 1. The lowest BCUT2D eigenvalue weighted by atomic mass is 10.0. The molecule has 0 unspecified atom stereocenters. The van der Waals surface area contributed by atoms with E-state index in [9.17, 15) is 14.4 Å². The number of morpholine rings is 1. The first-order valence-corrected chi connectivity index (χ1v) is 11.6. The molecule has 3 aliphatic heterocycles. The molecule has 0 aliphatic carbocycles. The Hall–Kier alpha value is -3.53. The van der Waals surface area contributed by atoms with Gasteiger partial charge in [0.2, 0.25) is 5.91 Å². The minimum absolute atomic E-state index is 0.0990. The molecule has 0 bridgehead atoms. The Bertz CT molecular complexity index is 1140. The maximum atomic E-state index is 13.4. The van der Waals surface area contributed by atoms with Gasteiger partial charge in [0.25, 0.3) is 11.8 Å². The first-order chi connectivity index (χ1) is 16.5. The SMILES string of the molecule is CN1N=C(C(=O)N2CCc3c(c(C(=O)N4CCOCC4)nn3Cc3ccccc3)C2)CCC1=O. The number of aromatic nitrogens is 2. The van der Waals surface area contributed by atoms with Crippen molar-refractivity contribution in [2.24, 2.45) is 5.10 Å². The summed E-state index contributed by atoms with van der Waals surface area (Å²) in [6.07, 6.45) is 1.20. The number of rotatable bonds is 4. The predicted octanol–water partition coefficient (Wildman–Crippen LogP) is 0.897. The molecule has 4 heterocycles. The van der Waals surface area contributed by atoms with E-state index in [0.717, 1.165) is 16.8 Å². The molecule has 0 spiro atoms. The van der Waals surface area contributed by atoms with Crippen LogP contribution in [0.2, 0.25) is 0 Å². The molecule has 34 heavy (non-hydrogen) atoms. The summed E-state index contributed by atoms with van der Waals surface area (Å²) in [6.45, 7) is 3.44. The topological polar surface area (TPSA) is 100 Å². The van der Waals surface area contributed by atoms with Crippen LogP contribution in [-0.2, 0) is 33.8 Å². The monoisotopic (exact) mass is 464 g/mol. The van der Waals surface area contributed by atoms with E-state index in [2.05, 4.69) is 5.10 Å². The molecule has 3 aliphatic rings. The summed E-state index contributed by atoms with van der Waals surface area (Å²) in [5, 5.41) is 10.2. The Morgan fingerprint density at radius 1 is 0.971 bits per heavy atom. The first kappa shape index (κ1) is 22.3. The zero-order valence-corrected chi connectivity index (χ0v) is 19.3. The van der Waals surface area contributed by atoms with Gasteiger partial charge >= 0.3 is 0 Å². The number of ether oxygens (including phenoxy) is 1. The smallest absolute Gasteiger partial charge is 0.274 e. The summed E-state index contributed by atoms with van der Waals surface area (Å²) in [5.41, 5.74) is 3.67. The van der Waals surface area contributed by atoms with E-state index in [1.807, 2.05) is 35.0 Å². The average Bonchev–Trinajstić information content (AvgIpc) is 3.23. The molecule has 10 heteroatoms. The zero-order valence-electron chi connectivity index (χ0n) is 19.3. The van der Waals surface area contributed by atoms with E-state index < -0.39 is 0 Å². The third-order valence-corrected chi connectivity index (χ3v) is 6.55. The summed E-state index contributed by atoms with van der Waals surface area (Å²) < 4.78 is 7.31. The summed E-state index contributed by atoms with van der Waals surface area (Å²) in [4.78, 5) is 41.9. The lowest BCUT2D eigenvalue weighted by Crippen LogP contribution is -2.44. The fraction of sp³-hybridized carbons (Fsp3) is 0.458. The van der Waals surface area contributed by atoms with Crippen LogP contribution in [0.15, 0.2) is 35.4 Å². The Balaban J connectivity index is 1.45. The number of benzene rings is 1. The molecule has 1 aromatic heterocycles. The number of hydrogen-bond donors (Lipinski definition) is 0. The van der Waals surface area contributed by atoms with Crippen molar-refractivity contribution in [2.75, 3.05) is 39.9 Å². The van der Waals surface area contributed by atoms with Gasteiger partial charge in [-0.15, -0.1) is 0 Å². The second-order valence-electron chi connectivity index (χ2n) is 8.76. The molecule has 0 N–H and O–H groups in total. The van der Waals surface area contributed by atoms with Crippen LogP contribution in [0.5, 0.6) is 0 Å². The third kappa shape index (κ3) is 4.33. The summed E-state index contributed by atoms with van der Waals surface area (Å²) in [5.74, 6) is -0.412. The third-order valence-electron chi connectivity index (χ3n) is 6.55. The van der Waals surface area contributed by atoms with Crippen LogP contribution in [0, 0.1) is 0 Å². The lowest BCUT2D eigenvalue weighted by molar-refractivity contribution is -0.130. The van der Waals surface area contributed by atoms with E-state index in [1.54, 1.807) is 16.8 Å². The standard InChI is InChI=1S/C24H28N6O4/c1-27-21(31)8-7-19(25-27)23(32)29-10-9-20-18(16-29)22(24(33)28-11-13-34-14-12-28)26-30(20)15-17-5-3-2-4-6-17/h2-6H,7-16H2,1H3. The van der Waals surface area contributed by atoms with E-state index in [0.29, 0.717) is 70.2 Å². The molecule has 0 atom stereocenters. The highest BCUT2D eigenvalue weighted by Gasteiger charge is 2.34. The van der Waals surface area contributed by atoms with E-state index in [1.165, 1.54) is 5.01 Å². The highest BCUT2D eigenvalue weighted by Crippen LogP contribution is 2.26. The van der Waals surface area contributed by atoms with Gasteiger partial charge in [0.1, 0.15) is 5.71 Å². The highest BCUT2D eigenvalue weighted by atomic mass is 16.5. The second-order valence-corrected chi connectivity index (χ2v) is 8.76. The van der Waals surface area contributed by atoms with Crippen molar-refractivity contribution >= 4 is 23.4 Å². The van der Waals surface area contributed by atoms with Crippen LogP contribution >= 0.6 is 0 Å². The number of carbonyl (C=O) groups is 3. The van der Waals surface area contributed by atoms with Crippen LogP contribution in [0.4, 0.5) is 0 Å². The molecule has 0 saturated carbocycles. The normalized spacial score (nSPS) is 18.6. The van der Waals surface area contributed by atoms with Gasteiger partial charge in [-0.05, 0) is 5.56 Å². The number of hydrogen-bond acceptors (Lipinski definition) is 6. The first-order valence-electron chi connectivity index (χ1n) is 11.6. The molecule has 1 fully saturated rings. The quantitative estimate of drug-likeness (QED) is 0.669. The van der Waals surface area contributed by atoms with Crippen LogP contribution in [-0.4, -0.2) is 87.9 Å². The van der Waals surface area contributed by atoms with Crippen LogP contribution in [0.25, 0.3) is 0 Å². The molecule has 178 valence electrons. The maximum absolute atomic E-state index is 13.4. The number of nitrogens with zero attached hydrogens (tertiary/aromatic N) is 6. The van der Waals surface area contributed by atoms with Crippen molar-refractivity contribution in [3.63, 3.8) is 0 Å². The second kappa shape index (κ2) is 9.38. The van der Waals surface area contributed by atoms with Crippen LogP contribution in [0.1, 0.15) is 40.2 Å². The van der Waals surface area contributed by atoms with Gasteiger partial charge in [0.05, 0.1) is 26.3 Å². The molecular formula is C24H28N6O4. The number of amides is 3. The summed E-state index contributed by atoms with van der Waals surface area (Å²) in [7, 11) is 1.57. The molecule has 5 rings (SSSR count). The van der Waals surface area contributed by atoms with Gasteiger partial charge in [-0.3, -0.25) is 19.1 Å². The van der Waals surface area contributed by atoms with Gasteiger partial charge < -0.3 is 14.5 Å². The van der Waals surface area contributed by atoms with Gasteiger partial charge in [0, 0.05) is 57.2 Å². The Morgan fingerprint density at radius 3 is 2.47 bits per heavy atom. The van der Waals surface area contributed by atoms with E-state index >= 15 is 0 Å². The Labute approximate surface area is 197 Å². The van der Waals surface area contributed by atoms with Gasteiger partial charge in [-0.25, -0.2) is 5.01 Å². The number of carbonyl (C=O) groups excluding carboxylic acids is 3. The van der Waals surface area contributed by atoms with Crippen molar-refractivity contribution in [3.05, 3.63) is 52.8 Å². The fourth-order valence-corrected chi connectivity index (χ4v) is 4.65. The largest absolute Gasteiger partial charge is 0.378 e. The summed E-state index contributed by atoms with van der Waals surface area (Å²) in [6, 6.07) is 10.0. The highest BCUT2D eigenvalue weighted by molar-refractivity contribution is 6.39. The minimum Gasteiger partial charge on any atom is -0.378 e. The molecule has 3 amide bonds. The van der Waals surface area contributed by atoms with E-state index in [-0.39, 0.29) is 24.1 Å².